The van der Waals surface area contributed by atoms with Crippen LogP contribution in [0, 0.1) is 5.41 Å². The van der Waals surface area contributed by atoms with E-state index in [0.717, 1.165) is 6.42 Å². The molecule has 3 heteroatoms. The van der Waals surface area contributed by atoms with Crippen LogP contribution in [0.1, 0.15) is 5.56 Å². The molecule has 3 nitrogen and oxygen atoms in total. The van der Waals surface area contributed by atoms with Crippen molar-refractivity contribution in [3.05, 3.63) is 35.9 Å². The van der Waals surface area contributed by atoms with Gasteiger partial charge in [-0.25, -0.2) is 4.99 Å². The zero-order valence-corrected chi connectivity index (χ0v) is 6.70. The molecule has 0 saturated heterocycles. The zero-order chi connectivity index (χ0) is 8.81. The minimum Gasteiger partial charge on any atom is -0.368 e. The van der Waals surface area contributed by atoms with Gasteiger partial charge in [0.15, 0.2) is 0 Å². The van der Waals surface area contributed by atoms with E-state index in [-0.39, 0.29) is 5.96 Å². The van der Waals surface area contributed by atoms with E-state index in [1.165, 1.54) is 5.56 Å². The summed E-state index contributed by atoms with van der Waals surface area (Å²) < 4.78 is 0. The smallest absolute Gasteiger partial charge is 0.212 e. The largest absolute Gasteiger partial charge is 0.368 e. The van der Waals surface area contributed by atoms with Gasteiger partial charge in [-0.3, -0.25) is 5.41 Å². The van der Waals surface area contributed by atoms with Crippen LogP contribution in [0.25, 0.3) is 0 Å². The molecular weight excluding hydrogens is 150 g/mol. The molecule has 3 N–H and O–H groups in total. The summed E-state index contributed by atoms with van der Waals surface area (Å²) in [6.45, 7) is 0. The predicted molar refractivity (Wildman–Crippen MR) is 50.6 cm³/mol. The molecule has 1 rings (SSSR count). The third-order valence-electron chi connectivity index (χ3n) is 1.40. The molecule has 0 aromatic heterocycles. The van der Waals surface area contributed by atoms with Crippen molar-refractivity contribution in [1.82, 2.24) is 0 Å². The Bertz CT molecular complexity index is 277. The van der Waals surface area contributed by atoms with Gasteiger partial charge in [-0.2, -0.15) is 0 Å². The maximum absolute atomic E-state index is 6.84. The summed E-state index contributed by atoms with van der Waals surface area (Å²) in [6.07, 6.45) is 2.36. The van der Waals surface area contributed by atoms with E-state index in [0.29, 0.717) is 0 Å². The van der Waals surface area contributed by atoms with Crippen molar-refractivity contribution in [2.24, 2.45) is 10.7 Å². The number of hydrogen-bond donors (Lipinski definition) is 2. The normalized spacial score (nSPS) is 10.3. The first-order valence-electron chi connectivity index (χ1n) is 3.69. The molecule has 62 valence electrons. The van der Waals surface area contributed by atoms with Gasteiger partial charge in [0.05, 0.1) is 0 Å². The van der Waals surface area contributed by atoms with Gasteiger partial charge >= 0.3 is 0 Å². The van der Waals surface area contributed by atoms with E-state index >= 15 is 0 Å². The highest BCUT2D eigenvalue weighted by Crippen LogP contribution is 1.96. The van der Waals surface area contributed by atoms with E-state index in [9.17, 15) is 0 Å². The quantitative estimate of drug-likeness (QED) is 0.496. The Labute approximate surface area is 71.4 Å². The van der Waals surface area contributed by atoms with E-state index in [1.807, 2.05) is 30.3 Å². The Kier molecular flexibility index (Phi) is 3.02. The summed E-state index contributed by atoms with van der Waals surface area (Å²) in [7, 11) is 0. The molecule has 0 amide bonds. The Morgan fingerprint density at radius 2 is 2.08 bits per heavy atom. The van der Waals surface area contributed by atoms with E-state index in [4.69, 9.17) is 11.1 Å². The molecule has 0 unspecified atom stereocenters. The van der Waals surface area contributed by atoms with E-state index in [2.05, 4.69) is 4.99 Å². The Morgan fingerprint density at radius 1 is 1.42 bits per heavy atom. The Morgan fingerprint density at radius 3 is 2.67 bits per heavy atom. The summed E-state index contributed by atoms with van der Waals surface area (Å²) in [6, 6.07) is 9.91. The van der Waals surface area contributed by atoms with Gasteiger partial charge in [0.25, 0.3) is 0 Å². The van der Waals surface area contributed by atoms with Crippen LogP contribution in [0.3, 0.4) is 0 Å². The lowest BCUT2D eigenvalue weighted by atomic mass is 10.2. The number of guanidine groups is 1. The molecular formula is C9H11N3. The van der Waals surface area contributed by atoms with Gasteiger partial charge in [0, 0.05) is 12.6 Å². The summed E-state index contributed by atoms with van der Waals surface area (Å²) in [5.41, 5.74) is 6.21. The van der Waals surface area contributed by atoms with Crippen LogP contribution in [-0.2, 0) is 6.42 Å². The van der Waals surface area contributed by atoms with E-state index in [1.54, 1.807) is 6.21 Å². The predicted octanol–water partition coefficient (Wildman–Crippen LogP) is 1.19. The first-order chi connectivity index (χ1) is 5.79. The summed E-state index contributed by atoms with van der Waals surface area (Å²) >= 11 is 0. The molecule has 0 aliphatic carbocycles. The van der Waals surface area contributed by atoms with Crippen molar-refractivity contribution in [2.45, 2.75) is 6.42 Å². The fourth-order valence-corrected chi connectivity index (χ4v) is 0.863. The fourth-order valence-electron chi connectivity index (χ4n) is 0.863. The molecule has 0 radical (unpaired) electrons. The van der Waals surface area contributed by atoms with Crippen molar-refractivity contribution in [1.29, 1.82) is 5.41 Å². The van der Waals surface area contributed by atoms with Crippen LogP contribution in [0.15, 0.2) is 35.3 Å². The van der Waals surface area contributed by atoms with Crippen molar-refractivity contribution in [3.8, 4) is 0 Å². The van der Waals surface area contributed by atoms with Gasteiger partial charge < -0.3 is 5.73 Å². The average molecular weight is 161 g/mol. The zero-order valence-electron chi connectivity index (χ0n) is 6.70. The van der Waals surface area contributed by atoms with Crippen LogP contribution in [-0.4, -0.2) is 12.2 Å². The van der Waals surface area contributed by atoms with Crippen LogP contribution in [0.4, 0.5) is 0 Å². The summed E-state index contributed by atoms with van der Waals surface area (Å²) in [5, 5.41) is 6.84. The van der Waals surface area contributed by atoms with Crippen LogP contribution in [0.5, 0.6) is 0 Å². The highest BCUT2D eigenvalue weighted by Gasteiger charge is 1.86. The maximum Gasteiger partial charge on any atom is 0.212 e. The second kappa shape index (κ2) is 4.28. The third kappa shape index (κ3) is 2.96. The number of rotatable bonds is 2. The van der Waals surface area contributed by atoms with Crippen molar-refractivity contribution in [2.75, 3.05) is 0 Å². The number of nitrogens with one attached hydrogen (secondary N) is 1. The highest BCUT2D eigenvalue weighted by atomic mass is 15.0. The minimum absolute atomic E-state index is 0.147. The number of aliphatic imine (C=N–C) groups is 1. The van der Waals surface area contributed by atoms with Gasteiger partial charge in [0.2, 0.25) is 5.96 Å². The fraction of sp³-hybridized carbons (Fsp3) is 0.111. The molecule has 0 heterocycles. The number of hydrogen-bond acceptors (Lipinski definition) is 1. The second-order valence-electron chi connectivity index (χ2n) is 2.39. The minimum atomic E-state index is -0.147. The van der Waals surface area contributed by atoms with Gasteiger partial charge in [-0.05, 0) is 5.56 Å². The lowest BCUT2D eigenvalue weighted by Crippen LogP contribution is -2.05. The molecule has 1 aromatic carbocycles. The third-order valence-corrected chi connectivity index (χ3v) is 1.40. The molecule has 0 fully saturated rings. The number of nitrogens with zero attached hydrogens (tertiary/aromatic N) is 1. The highest BCUT2D eigenvalue weighted by molar-refractivity contribution is 5.84. The summed E-state index contributed by atoms with van der Waals surface area (Å²) in [4.78, 5) is 3.66. The van der Waals surface area contributed by atoms with E-state index < -0.39 is 0 Å². The van der Waals surface area contributed by atoms with Crippen molar-refractivity contribution in [3.63, 3.8) is 0 Å². The molecule has 0 atom stereocenters. The first-order valence-corrected chi connectivity index (χ1v) is 3.69. The van der Waals surface area contributed by atoms with Crippen molar-refractivity contribution < 1.29 is 0 Å². The second-order valence-corrected chi connectivity index (χ2v) is 2.39. The molecule has 0 bridgehead atoms. The lowest BCUT2D eigenvalue weighted by Gasteiger charge is -1.92. The monoisotopic (exact) mass is 161 g/mol. The van der Waals surface area contributed by atoms with Crippen LogP contribution in [0.2, 0.25) is 0 Å². The standard InChI is InChI=1S/C9H11N3/c10-9(11)12-7-6-8-4-2-1-3-5-8/h1-5,7H,6H2,(H3,10,11). The summed E-state index contributed by atoms with van der Waals surface area (Å²) in [5.74, 6) is -0.147. The van der Waals surface area contributed by atoms with Gasteiger partial charge in [-0.15, -0.1) is 0 Å². The maximum atomic E-state index is 6.84. The molecule has 0 aliphatic rings. The van der Waals surface area contributed by atoms with Gasteiger partial charge in [-0.1, -0.05) is 30.3 Å². The molecule has 12 heavy (non-hydrogen) atoms. The molecule has 0 aliphatic heterocycles. The number of benzene rings is 1. The number of nitrogens with two attached hydrogens (primary N) is 1. The molecule has 0 spiro atoms. The SMILES string of the molecule is N=C(N)N=CCc1ccccc1. The average Bonchev–Trinajstić information content (AvgIpc) is 2.05. The lowest BCUT2D eigenvalue weighted by molar-refractivity contribution is 1.33. The molecule has 0 saturated carbocycles. The van der Waals surface area contributed by atoms with Crippen LogP contribution < -0.4 is 5.73 Å². The first kappa shape index (κ1) is 8.46. The van der Waals surface area contributed by atoms with Gasteiger partial charge in [0.1, 0.15) is 0 Å². The Hall–Kier alpha value is -1.64. The topological polar surface area (TPSA) is 62.2 Å². The molecule has 1 aromatic rings. The van der Waals surface area contributed by atoms with Crippen LogP contribution >= 0.6 is 0 Å². The van der Waals surface area contributed by atoms with Crippen molar-refractivity contribution >= 4 is 12.2 Å². The Balaban J connectivity index is 2.49.